The molecule has 1 aliphatic rings. The van der Waals surface area contributed by atoms with Gasteiger partial charge in [-0.25, -0.2) is 0 Å². The van der Waals surface area contributed by atoms with Crippen molar-refractivity contribution in [2.45, 2.75) is 70.4 Å². The van der Waals surface area contributed by atoms with Crippen LogP contribution in [0.5, 0.6) is 0 Å². The van der Waals surface area contributed by atoms with E-state index in [9.17, 15) is 0 Å². The van der Waals surface area contributed by atoms with Gasteiger partial charge in [-0.3, -0.25) is 4.90 Å². The van der Waals surface area contributed by atoms with Crippen molar-refractivity contribution in [2.75, 3.05) is 13.1 Å². The van der Waals surface area contributed by atoms with E-state index >= 15 is 0 Å². The second-order valence-electron chi connectivity index (χ2n) is 5.88. The molecule has 1 unspecified atom stereocenters. The maximum atomic E-state index is 6.40. The minimum Gasteiger partial charge on any atom is -0.326 e. The average molecular weight is 238 g/mol. The van der Waals surface area contributed by atoms with E-state index in [4.69, 9.17) is 5.73 Å². The number of hydrogen-bond donors (Lipinski definition) is 1. The molecular formula is C15H30N2. The minimum absolute atomic E-state index is 0.144. The molecule has 1 atom stereocenters. The summed E-state index contributed by atoms with van der Waals surface area (Å²) in [5.41, 5.74) is 6.54. The monoisotopic (exact) mass is 238 g/mol. The van der Waals surface area contributed by atoms with E-state index in [1.54, 1.807) is 0 Å². The summed E-state index contributed by atoms with van der Waals surface area (Å²) >= 11 is 0. The first-order chi connectivity index (χ1) is 8.09. The van der Waals surface area contributed by atoms with Crippen LogP contribution in [-0.2, 0) is 0 Å². The van der Waals surface area contributed by atoms with Crippen LogP contribution in [-0.4, -0.2) is 29.6 Å². The Bertz CT molecular complexity index is 215. The van der Waals surface area contributed by atoms with Crippen LogP contribution in [0, 0.1) is 0 Å². The summed E-state index contributed by atoms with van der Waals surface area (Å²) in [6.45, 7) is 10.9. The van der Waals surface area contributed by atoms with Crippen LogP contribution in [0.1, 0.15) is 58.8 Å². The van der Waals surface area contributed by atoms with Gasteiger partial charge in [-0.2, -0.15) is 0 Å². The number of allylic oxidation sites excluding steroid dienone is 1. The number of hydrogen-bond acceptors (Lipinski definition) is 2. The summed E-state index contributed by atoms with van der Waals surface area (Å²) < 4.78 is 0. The van der Waals surface area contributed by atoms with E-state index < -0.39 is 0 Å². The molecule has 1 rings (SSSR count). The topological polar surface area (TPSA) is 29.3 Å². The number of nitrogens with two attached hydrogens (primary N) is 1. The van der Waals surface area contributed by atoms with Gasteiger partial charge < -0.3 is 5.73 Å². The largest absolute Gasteiger partial charge is 0.326 e. The highest BCUT2D eigenvalue weighted by molar-refractivity contribution is 4.92. The highest BCUT2D eigenvalue weighted by atomic mass is 15.2. The molecule has 0 radical (unpaired) electrons. The molecule has 1 fully saturated rings. The summed E-state index contributed by atoms with van der Waals surface area (Å²) in [7, 11) is 0. The SMILES string of the molecule is C=CCCCC(N)C(C)(C)N1CCCCCC1. The number of unbranched alkanes of at least 4 members (excludes halogenated alkanes) is 1. The van der Waals surface area contributed by atoms with Crippen molar-refractivity contribution in [1.82, 2.24) is 4.90 Å². The Morgan fingerprint density at radius 3 is 2.35 bits per heavy atom. The maximum absolute atomic E-state index is 6.40. The van der Waals surface area contributed by atoms with Gasteiger partial charge in [-0.15, -0.1) is 6.58 Å². The fourth-order valence-corrected chi connectivity index (χ4v) is 2.72. The molecule has 0 aliphatic carbocycles. The molecule has 100 valence electrons. The molecule has 0 spiro atoms. The van der Waals surface area contributed by atoms with Gasteiger partial charge >= 0.3 is 0 Å². The lowest BCUT2D eigenvalue weighted by Crippen LogP contribution is -2.56. The molecule has 0 amide bonds. The molecule has 0 aromatic rings. The predicted molar refractivity (Wildman–Crippen MR) is 76.1 cm³/mol. The van der Waals surface area contributed by atoms with E-state index in [0.29, 0.717) is 0 Å². The Labute approximate surface area is 107 Å². The van der Waals surface area contributed by atoms with Crippen molar-refractivity contribution >= 4 is 0 Å². The zero-order chi connectivity index (χ0) is 12.7. The van der Waals surface area contributed by atoms with E-state index in [1.165, 1.54) is 45.2 Å². The Kier molecular flexibility index (Phi) is 6.21. The van der Waals surface area contributed by atoms with Gasteiger partial charge in [0.15, 0.2) is 0 Å². The van der Waals surface area contributed by atoms with Crippen molar-refractivity contribution in [1.29, 1.82) is 0 Å². The molecule has 1 aliphatic heterocycles. The fraction of sp³-hybridized carbons (Fsp3) is 0.867. The molecule has 17 heavy (non-hydrogen) atoms. The fourth-order valence-electron chi connectivity index (χ4n) is 2.72. The third-order valence-corrected chi connectivity index (χ3v) is 4.25. The summed E-state index contributed by atoms with van der Waals surface area (Å²) in [5, 5.41) is 0. The standard InChI is InChI=1S/C15H30N2/c1-4-5-8-11-14(16)15(2,3)17-12-9-6-7-10-13-17/h4,14H,1,5-13,16H2,2-3H3. The van der Waals surface area contributed by atoms with Crippen LogP contribution in [0.4, 0.5) is 0 Å². The van der Waals surface area contributed by atoms with Crippen molar-refractivity contribution in [3.63, 3.8) is 0 Å². The van der Waals surface area contributed by atoms with E-state index in [2.05, 4.69) is 25.3 Å². The molecule has 2 heteroatoms. The normalized spacial score (nSPS) is 20.9. The number of rotatable bonds is 6. The molecule has 2 N–H and O–H groups in total. The van der Waals surface area contributed by atoms with Gasteiger partial charge in [0, 0.05) is 11.6 Å². The van der Waals surface area contributed by atoms with Crippen molar-refractivity contribution < 1.29 is 0 Å². The third kappa shape index (κ3) is 4.44. The smallest absolute Gasteiger partial charge is 0.0304 e. The van der Waals surface area contributed by atoms with Crippen LogP contribution in [0.2, 0.25) is 0 Å². The third-order valence-electron chi connectivity index (χ3n) is 4.25. The first-order valence-electron chi connectivity index (χ1n) is 7.20. The second-order valence-corrected chi connectivity index (χ2v) is 5.88. The van der Waals surface area contributed by atoms with Gasteiger partial charge in [-0.1, -0.05) is 18.9 Å². The van der Waals surface area contributed by atoms with E-state index in [-0.39, 0.29) is 11.6 Å². The van der Waals surface area contributed by atoms with Crippen LogP contribution >= 0.6 is 0 Å². The van der Waals surface area contributed by atoms with Gasteiger partial charge in [0.25, 0.3) is 0 Å². The molecule has 0 aromatic heterocycles. The maximum Gasteiger partial charge on any atom is 0.0304 e. The first-order valence-corrected chi connectivity index (χ1v) is 7.20. The lowest BCUT2D eigenvalue weighted by molar-refractivity contribution is 0.0942. The van der Waals surface area contributed by atoms with E-state index in [0.717, 1.165) is 12.8 Å². The molecule has 0 aromatic carbocycles. The Morgan fingerprint density at radius 2 is 1.82 bits per heavy atom. The lowest BCUT2D eigenvalue weighted by Gasteiger charge is -2.42. The number of likely N-dealkylation sites (tertiary alicyclic amines) is 1. The molecule has 1 heterocycles. The molecule has 2 nitrogen and oxygen atoms in total. The van der Waals surface area contributed by atoms with Crippen molar-refractivity contribution in [3.05, 3.63) is 12.7 Å². The Hall–Kier alpha value is -0.340. The molecular weight excluding hydrogens is 208 g/mol. The summed E-state index contributed by atoms with van der Waals surface area (Å²) in [6, 6.07) is 0.278. The average Bonchev–Trinajstić information content (AvgIpc) is 2.58. The van der Waals surface area contributed by atoms with Crippen LogP contribution in [0.15, 0.2) is 12.7 Å². The summed E-state index contributed by atoms with van der Waals surface area (Å²) in [5.74, 6) is 0. The van der Waals surface area contributed by atoms with Gasteiger partial charge in [0.05, 0.1) is 0 Å². The van der Waals surface area contributed by atoms with Crippen molar-refractivity contribution in [3.8, 4) is 0 Å². The van der Waals surface area contributed by atoms with Crippen LogP contribution < -0.4 is 5.73 Å². The second kappa shape index (κ2) is 7.17. The summed E-state index contributed by atoms with van der Waals surface area (Å²) in [6.07, 6.45) is 10.8. The van der Waals surface area contributed by atoms with E-state index in [1.807, 2.05) is 6.08 Å². The quantitative estimate of drug-likeness (QED) is 0.568. The Morgan fingerprint density at radius 1 is 1.24 bits per heavy atom. The molecule has 0 bridgehead atoms. The molecule has 0 saturated carbocycles. The molecule has 1 saturated heterocycles. The highest BCUT2D eigenvalue weighted by Crippen LogP contribution is 2.24. The zero-order valence-corrected chi connectivity index (χ0v) is 11.8. The van der Waals surface area contributed by atoms with Gasteiger partial charge in [0.1, 0.15) is 0 Å². The zero-order valence-electron chi connectivity index (χ0n) is 11.8. The predicted octanol–water partition coefficient (Wildman–Crippen LogP) is 3.32. The summed E-state index contributed by atoms with van der Waals surface area (Å²) in [4.78, 5) is 2.61. The van der Waals surface area contributed by atoms with Gasteiger partial charge in [-0.05, 0) is 59.0 Å². The van der Waals surface area contributed by atoms with Crippen molar-refractivity contribution in [2.24, 2.45) is 5.73 Å². The van der Waals surface area contributed by atoms with Crippen LogP contribution in [0.25, 0.3) is 0 Å². The van der Waals surface area contributed by atoms with Gasteiger partial charge in [0.2, 0.25) is 0 Å². The van der Waals surface area contributed by atoms with Crippen LogP contribution in [0.3, 0.4) is 0 Å². The minimum atomic E-state index is 0.144. The highest BCUT2D eigenvalue weighted by Gasteiger charge is 2.32. The first kappa shape index (κ1) is 14.7. The Balaban J connectivity index is 2.48. The number of nitrogens with zero attached hydrogens (tertiary/aromatic N) is 1. The lowest BCUT2D eigenvalue weighted by atomic mass is 9.89.